The summed E-state index contributed by atoms with van der Waals surface area (Å²) >= 11 is 0. The Kier molecular flexibility index (Phi) is 6.21. The van der Waals surface area contributed by atoms with Crippen LogP contribution in [-0.4, -0.2) is 40.1 Å². The first-order valence-electron chi connectivity index (χ1n) is 6.35. The number of hydrogen-bond donors (Lipinski definition) is 2. The van der Waals surface area contributed by atoms with Crippen molar-refractivity contribution in [2.75, 3.05) is 13.7 Å². The maximum Gasteiger partial charge on any atom is 0.341 e. The van der Waals surface area contributed by atoms with Gasteiger partial charge in [-0.2, -0.15) is 0 Å². The number of sulfonamides is 1. The van der Waals surface area contributed by atoms with E-state index in [0.29, 0.717) is 12.8 Å². The van der Waals surface area contributed by atoms with E-state index in [0.717, 1.165) is 12.8 Å². The molecule has 0 spiro atoms. The summed E-state index contributed by atoms with van der Waals surface area (Å²) in [6.45, 7) is 2.77. The molecule has 120 valence electrons. The van der Waals surface area contributed by atoms with E-state index in [2.05, 4.69) is 14.8 Å². The summed E-state index contributed by atoms with van der Waals surface area (Å²) in [4.78, 5) is 11.3. The monoisotopic (exact) mass is 338 g/mol. The van der Waals surface area contributed by atoms with Gasteiger partial charge in [-0.05, 0) is 26.3 Å². The van der Waals surface area contributed by atoms with E-state index in [1.807, 2.05) is 6.92 Å². The lowest BCUT2D eigenvalue weighted by molar-refractivity contribution is 0.0600. The number of nitrogens with one attached hydrogen (secondary N) is 2. The molecule has 1 aliphatic heterocycles. The standard InChI is InChI=1S/C12H18N2O5S.ClH/c1-8-5-10(3-4-13-8)14-20(16,17)11-6-9(7-19-11)12(15)18-2;/h6-8,10,13-14H,3-5H2,1-2H3;1H. The first-order chi connectivity index (χ1) is 9.42. The molecule has 2 unspecified atom stereocenters. The Labute approximate surface area is 129 Å². The molecule has 1 fully saturated rings. The third-order valence-electron chi connectivity index (χ3n) is 3.21. The molecule has 1 saturated heterocycles. The van der Waals surface area contributed by atoms with Crippen LogP contribution >= 0.6 is 12.4 Å². The van der Waals surface area contributed by atoms with Gasteiger partial charge in [0, 0.05) is 18.2 Å². The zero-order valence-corrected chi connectivity index (χ0v) is 13.4. The zero-order chi connectivity index (χ0) is 14.8. The summed E-state index contributed by atoms with van der Waals surface area (Å²) in [6, 6.07) is 1.29. The third-order valence-corrected chi connectivity index (χ3v) is 4.59. The van der Waals surface area contributed by atoms with Crippen LogP contribution in [0.15, 0.2) is 21.8 Å². The maximum atomic E-state index is 12.2. The van der Waals surface area contributed by atoms with Crippen molar-refractivity contribution in [3.63, 3.8) is 0 Å². The van der Waals surface area contributed by atoms with Crippen molar-refractivity contribution in [2.24, 2.45) is 0 Å². The van der Waals surface area contributed by atoms with Crippen molar-refractivity contribution in [1.82, 2.24) is 10.0 Å². The fourth-order valence-corrected chi connectivity index (χ4v) is 3.42. The Balaban J connectivity index is 0.00000220. The average Bonchev–Trinajstić information content (AvgIpc) is 2.87. The number of halogens is 1. The molecule has 1 aromatic rings. The van der Waals surface area contributed by atoms with Crippen LogP contribution in [0.2, 0.25) is 0 Å². The normalized spacial score (nSPS) is 22.4. The minimum Gasteiger partial charge on any atom is -0.465 e. The summed E-state index contributed by atoms with van der Waals surface area (Å²) < 4.78 is 36.4. The van der Waals surface area contributed by atoms with Crippen molar-refractivity contribution in [2.45, 2.75) is 36.9 Å². The third kappa shape index (κ3) is 4.44. The van der Waals surface area contributed by atoms with Gasteiger partial charge in [-0.15, -0.1) is 12.4 Å². The van der Waals surface area contributed by atoms with Gasteiger partial charge in [0.2, 0.25) is 5.09 Å². The molecule has 21 heavy (non-hydrogen) atoms. The summed E-state index contributed by atoms with van der Waals surface area (Å²) in [5.41, 5.74) is 0.0755. The minimum atomic E-state index is -3.76. The second-order valence-corrected chi connectivity index (χ2v) is 6.49. The lowest BCUT2D eigenvalue weighted by atomic mass is 10.0. The van der Waals surface area contributed by atoms with E-state index in [1.54, 1.807) is 0 Å². The van der Waals surface area contributed by atoms with E-state index in [9.17, 15) is 13.2 Å². The first kappa shape index (κ1) is 18.0. The van der Waals surface area contributed by atoms with Gasteiger partial charge < -0.3 is 14.5 Å². The molecule has 7 nitrogen and oxygen atoms in total. The van der Waals surface area contributed by atoms with Crippen molar-refractivity contribution in [3.8, 4) is 0 Å². The van der Waals surface area contributed by atoms with Crippen molar-refractivity contribution in [3.05, 3.63) is 17.9 Å². The molecule has 1 aromatic heterocycles. The van der Waals surface area contributed by atoms with Crippen LogP contribution in [0.4, 0.5) is 0 Å². The second kappa shape index (κ2) is 7.26. The van der Waals surface area contributed by atoms with Crippen molar-refractivity contribution >= 4 is 28.4 Å². The van der Waals surface area contributed by atoms with Gasteiger partial charge in [0.25, 0.3) is 10.0 Å². The zero-order valence-electron chi connectivity index (χ0n) is 11.8. The number of furan rings is 1. The van der Waals surface area contributed by atoms with Crippen molar-refractivity contribution in [1.29, 1.82) is 0 Å². The average molecular weight is 339 g/mol. The van der Waals surface area contributed by atoms with Gasteiger partial charge in [0.15, 0.2) is 0 Å². The molecule has 9 heteroatoms. The van der Waals surface area contributed by atoms with E-state index in [1.165, 1.54) is 13.2 Å². The van der Waals surface area contributed by atoms with E-state index >= 15 is 0 Å². The molecule has 2 atom stereocenters. The molecule has 0 bridgehead atoms. The molecule has 0 amide bonds. The van der Waals surface area contributed by atoms with Crippen LogP contribution < -0.4 is 10.0 Å². The minimum absolute atomic E-state index is 0. The molecule has 0 aromatic carbocycles. The largest absolute Gasteiger partial charge is 0.465 e. The summed E-state index contributed by atoms with van der Waals surface area (Å²) in [5.74, 6) is -0.634. The number of carbonyl (C=O) groups is 1. The number of hydrogen-bond acceptors (Lipinski definition) is 6. The number of piperidine rings is 1. The fourth-order valence-electron chi connectivity index (χ4n) is 2.20. The Morgan fingerprint density at radius 3 is 2.86 bits per heavy atom. The maximum absolute atomic E-state index is 12.2. The van der Waals surface area contributed by atoms with E-state index in [4.69, 9.17) is 4.42 Å². The highest BCUT2D eigenvalue weighted by atomic mass is 35.5. The molecule has 0 radical (unpaired) electrons. The number of carbonyl (C=O) groups excluding carboxylic acids is 1. The molecule has 0 saturated carbocycles. The summed E-state index contributed by atoms with van der Waals surface area (Å²) in [5, 5.41) is 2.97. The van der Waals surface area contributed by atoms with E-state index < -0.39 is 16.0 Å². The number of ether oxygens (including phenoxy) is 1. The van der Waals surface area contributed by atoms with Gasteiger partial charge in [0.1, 0.15) is 6.26 Å². The van der Waals surface area contributed by atoms with Gasteiger partial charge in [-0.25, -0.2) is 17.9 Å². The molecule has 0 aliphatic carbocycles. The highest BCUT2D eigenvalue weighted by molar-refractivity contribution is 7.89. The van der Waals surface area contributed by atoms with Gasteiger partial charge in [-0.1, -0.05) is 0 Å². The predicted octanol–water partition coefficient (Wildman–Crippen LogP) is 0.907. The lowest BCUT2D eigenvalue weighted by Crippen LogP contribution is -2.46. The topological polar surface area (TPSA) is 97.6 Å². The summed E-state index contributed by atoms with van der Waals surface area (Å²) in [6.07, 6.45) is 2.50. The second-order valence-electron chi connectivity index (χ2n) is 4.84. The smallest absolute Gasteiger partial charge is 0.341 e. The summed E-state index contributed by atoms with van der Waals surface area (Å²) in [7, 11) is -2.54. The Morgan fingerprint density at radius 2 is 2.24 bits per heavy atom. The van der Waals surface area contributed by atoms with Gasteiger partial charge >= 0.3 is 5.97 Å². The highest BCUT2D eigenvalue weighted by Gasteiger charge is 2.27. The van der Waals surface area contributed by atoms with Gasteiger partial charge in [0.05, 0.1) is 12.7 Å². The quantitative estimate of drug-likeness (QED) is 0.792. The van der Waals surface area contributed by atoms with Crippen molar-refractivity contribution < 1.29 is 22.4 Å². The molecule has 2 rings (SSSR count). The molecule has 2 heterocycles. The lowest BCUT2D eigenvalue weighted by Gasteiger charge is -2.28. The molecular weight excluding hydrogens is 320 g/mol. The van der Waals surface area contributed by atoms with Crippen LogP contribution in [0.25, 0.3) is 0 Å². The van der Waals surface area contributed by atoms with Crippen LogP contribution in [0.3, 0.4) is 0 Å². The first-order valence-corrected chi connectivity index (χ1v) is 7.83. The Bertz CT molecular complexity index is 586. The SMILES string of the molecule is COC(=O)c1coc(S(=O)(=O)NC2CCNC(C)C2)c1.Cl. The van der Waals surface area contributed by atoms with Crippen LogP contribution in [0.1, 0.15) is 30.1 Å². The highest BCUT2D eigenvalue weighted by Crippen LogP contribution is 2.17. The van der Waals surface area contributed by atoms with E-state index in [-0.39, 0.29) is 35.1 Å². The number of rotatable bonds is 4. The van der Waals surface area contributed by atoms with Crippen LogP contribution in [-0.2, 0) is 14.8 Å². The Hall–Kier alpha value is -1.09. The van der Waals surface area contributed by atoms with Crippen LogP contribution in [0, 0.1) is 0 Å². The fraction of sp³-hybridized carbons (Fsp3) is 0.583. The molecule has 2 N–H and O–H groups in total. The van der Waals surface area contributed by atoms with Gasteiger partial charge in [-0.3, -0.25) is 0 Å². The number of methoxy groups -OCH3 is 1. The Morgan fingerprint density at radius 1 is 1.52 bits per heavy atom. The molecule has 1 aliphatic rings. The number of esters is 1. The predicted molar refractivity (Wildman–Crippen MR) is 78.1 cm³/mol. The molecular formula is C12H19ClN2O5S. The van der Waals surface area contributed by atoms with Crippen LogP contribution in [0.5, 0.6) is 0 Å².